The number of aryl methyl sites for hydroxylation is 4. The molecule has 1 aliphatic heterocycles. The summed E-state index contributed by atoms with van der Waals surface area (Å²) < 4.78 is 28.4. The average molecular weight is 432 g/mol. The van der Waals surface area contributed by atoms with Gasteiger partial charge in [-0.25, -0.2) is 13.7 Å². The molecular weight excluding hydrogens is 410 g/mol. The Bertz CT molecular complexity index is 1310. The Morgan fingerprint density at radius 3 is 2.19 bits per heavy atom. The van der Waals surface area contributed by atoms with E-state index in [-0.39, 0.29) is 11.3 Å². The number of benzene rings is 3. The highest BCUT2D eigenvalue weighted by atomic mass is 19.1. The number of carbonyl (C=O) groups excluding carboxylic acids is 2. The number of nitrogens with zero attached hydrogens (tertiary/aromatic N) is 1. The van der Waals surface area contributed by atoms with Gasteiger partial charge in [-0.3, -0.25) is 9.59 Å². The first kappa shape index (κ1) is 21.4. The van der Waals surface area contributed by atoms with Crippen molar-refractivity contribution in [3.8, 4) is 0 Å². The Morgan fingerprint density at radius 1 is 0.750 bits per heavy atom. The molecule has 32 heavy (non-hydrogen) atoms. The predicted molar refractivity (Wildman–Crippen MR) is 121 cm³/mol. The molecule has 0 saturated carbocycles. The monoisotopic (exact) mass is 432 g/mol. The van der Waals surface area contributed by atoms with Gasteiger partial charge >= 0.3 is 0 Å². The van der Waals surface area contributed by atoms with Crippen LogP contribution in [0.4, 0.5) is 20.2 Å². The zero-order chi connectivity index (χ0) is 23.2. The normalized spacial score (nSPS) is 13.9. The Hall–Kier alpha value is -3.80. The molecule has 0 aromatic heterocycles. The SMILES string of the molecule is Cc1ccc(C)c(NC2=C(c3ccc(C)c(C)c3)C(=O)N(c3cc(F)ccc3F)C2=O)c1. The highest BCUT2D eigenvalue weighted by Crippen LogP contribution is 2.36. The van der Waals surface area contributed by atoms with E-state index >= 15 is 0 Å². The number of imide groups is 1. The third kappa shape index (κ3) is 3.68. The van der Waals surface area contributed by atoms with Crippen LogP contribution in [0.5, 0.6) is 0 Å². The number of hydrogen-bond donors (Lipinski definition) is 1. The summed E-state index contributed by atoms with van der Waals surface area (Å²) in [5.74, 6) is -3.06. The minimum Gasteiger partial charge on any atom is -0.350 e. The second kappa shape index (κ2) is 8.04. The molecule has 0 fully saturated rings. The molecule has 1 aliphatic rings. The van der Waals surface area contributed by atoms with Crippen LogP contribution in [0.1, 0.15) is 27.8 Å². The molecule has 4 nitrogen and oxygen atoms in total. The lowest BCUT2D eigenvalue weighted by molar-refractivity contribution is -0.120. The fraction of sp³-hybridized carbons (Fsp3) is 0.154. The number of anilines is 2. The number of hydrogen-bond acceptors (Lipinski definition) is 3. The van der Waals surface area contributed by atoms with Crippen LogP contribution in [0.25, 0.3) is 5.57 Å². The number of halogens is 2. The summed E-state index contributed by atoms with van der Waals surface area (Å²) in [4.78, 5) is 27.5. The average Bonchev–Trinajstić information content (AvgIpc) is 2.98. The van der Waals surface area contributed by atoms with Gasteiger partial charge in [0.15, 0.2) is 0 Å². The number of amides is 2. The summed E-state index contributed by atoms with van der Waals surface area (Å²) in [5.41, 5.74) is 4.72. The van der Waals surface area contributed by atoms with Crippen LogP contribution in [0.2, 0.25) is 0 Å². The Morgan fingerprint density at radius 2 is 1.47 bits per heavy atom. The molecule has 4 rings (SSSR count). The summed E-state index contributed by atoms with van der Waals surface area (Å²) >= 11 is 0. The zero-order valence-corrected chi connectivity index (χ0v) is 18.2. The van der Waals surface area contributed by atoms with Crippen LogP contribution in [0.15, 0.2) is 60.3 Å². The summed E-state index contributed by atoms with van der Waals surface area (Å²) in [6.45, 7) is 7.64. The lowest BCUT2D eigenvalue weighted by Gasteiger charge is -2.16. The van der Waals surface area contributed by atoms with E-state index in [0.29, 0.717) is 16.2 Å². The summed E-state index contributed by atoms with van der Waals surface area (Å²) in [7, 11) is 0. The molecule has 0 spiro atoms. The molecule has 0 radical (unpaired) electrons. The summed E-state index contributed by atoms with van der Waals surface area (Å²) in [6, 6.07) is 13.8. The van der Waals surface area contributed by atoms with Gasteiger partial charge in [0.25, 0.3) is 11.8 Å². The molecule has 0 unspecified atom stereocenters. The molecule has 3 aromatic rings. The Kier molecular flexibility index (Phi) is 5.38. The van der Waals surface area contributed by atoms with E-state index in [1.165, 1.54) is 0 Å². The van der Waals surface area contributed by atoms with Gasteiger partial charge in [-0.15, -0.1) is 0 Å². The molecule has 0 bridgehead atoms. The van der Waals surface area contributed by atoms with Crippen molar-refractivity contribution in [3.05, 3.63) is 99.7 Å². The lowest BCUT2D eigenvalue weighted by Crippen LogP contribution is -2.33. The maximum absolute atomic E-state index is 14.5. The van der Waals surface area contributed by atoms with Crippen LogP contribution in [0.3, 0.4) is 0 Å². The van der Waals surface area contributed by atoms with Crippen LogP contribution >= 0.6 is 0 Å². The van der Waals surface area contributed by atoms with Gasteiger partial charge in [0.05, 0.1) is 11.3 Å². The first-order chi connectivity index (χ1) is 15.2. The molecule has 0 saturated heterocycles. The van der Waals surface area contributed by atoms with Crippen molar-refractivity contribution in [1.82, 2.24) is 0 Å². The van der Waals surface area contributed by atoms with Gasteiger partial charge in [-0.05, 0) is 73.7 Å². The van der Waals surface area contributed by atoms with E-state index < -0.39 is 29.1 Å². The van der Waals surface area contributed by atoms with Crippen molar-refractivity contribution in [2.75, 3.05) is 10.2 Å². The first-order valence-electron chi connectivity index (χ1n) is 10.2. The second-order valence-electron chi connectivity index (χ2n) is 8.03. The predicted octanol–water partition coefficient (Wildman–Crippen LogP) is 5.60. The largest absolute Gasteiger partial charge is 0.350 e. The number of carbonyl (C=O) groups is 2. The smallest absolute Gasteiger partial charge is 0.282 e. The second-order valence-corrected chi connectivity index (χ2v) is 8.03. The highest BCUT2D eigenvalue weighted by molar-refractivity contribution is 6.46. The molecule has 1 N–H and O–H groups in total. The van der Waals surface area contributed by atoms with Crippen molar-refractivity contribution >= 4 is 28.8 Å². The van der Waals surface area contributed by atoms with Gasteiger partial charge in [0.1, 0.15) is 17.3 Å². The summed E-state index contributed by atoms with van der Waals surface area (Å²) in [6.07, 6.45) is 0. The summed E-state index contributed by atoms with van der Waals surface area (Å²) in [5, 5.41) is 3.10. The highest BCUT2D eigenvalue weighted by Gasteiger charge is 2.41. The van der Waals surface area contributed by atoms with Gasteiger partial charge in [0.2, 0.25) is 0 Å². The van der Waals surface area contributed by atoms with Crippen molar-refractivity contribution in [3.63, 3.8) is 0 Å². The molecule has 6 heteroatoms. The van der Waals surface area contributed by atoms with Crippen molar-refractivity contribution in [2.24, 2.45) is 0 Å². The van der Waals surface area contributed by atoms with Crippen LogP contribution in [-0.4, -0.2) is 11.8 Å². The molecule has 2 amide bonds. The van der Waals surface area contributed by atoms with Crippen LogP contribution in [0, 0.1) is 39.3 Å². The number of nitrogens with one attached hydrogen (secondary N) is 1. The molecule has 0 aliphatic carbocycles. The fourth-order valence-electron chi connectivity index (χ4n) is 3.69. The van der Waals surface area contributed by atoms with Crippen molar-refractivity contribution in [2.45, 2.75) is 27.7 Å². The van der Waals surface area contributed by atoms with Gasteiger partial charge in [-0.1, -0.05) is 30.3 Å². The maximum atomic E-state index is 14.5. The molecule has 1 heterocycles. The van der Waals surface area contributed by atoms with E-state index in [1.54, 1.807) is 6.07 Å². The zero-order valence-electron chi connectivity index (χ0n) is 18.2. The van der Waals surface area contributed by atoms with E-state index in [2.05, 4.69) is 5.32 Å². The minimum absolute atomic E-state index is 0.0237. The van der Waals surface area contributed by atoms with E-state index in [0.717, 1.165) is 40.5 Å². The molecule has 162 valence electrons. The van der Waals surface area contributed by atoms with Crippen molar-refractivity contribution in [1.29, 1.82) is 0 Å². The van der Waals surface area contributed by atoms with Gasteiger partial charge in [0, 0.05) is 11.8 Å². The third-order valence-corrected chi connectivity index (χ3v) is 5.68. The topological polar surface area (TPSA) is 49.4 Å². The lowest BCUT2D eigenvalue weighted by atomic mass is 9.99. The Labute approximate surface area is 185 Å². The van der Waals surface area contributed by atoms with Crippen LogP contribution in [-0.2, 0) is 9.59 Å². The third-order valence-electron chi connectivity index (χ3n) is 5.68. The standard InChI is InChI=1S/C26H22F2N2O2/c1-14-5-6-16(3)21(11-14)29-24-23(18-8-7-15(2)17(4)12-18)25(31)30(26(24)32)22-13-19(27)9-10-20(22)28/h5-13,29H,1-4H3. The molecule has 0 atom stereocenters. The van der Waals surface area contributed by atoms with Gasteiger partial charge < -0.3 is 5.32 Å². The van der Waals surface area contributed by atoms with Gasteiger partial charge in [-0.2, -0.15) is 0 Å². The quantitative estimate of drug-likeness (QED) is 0.547. The molecular formula is C26H22F2N2O2. The van der Waals surface area contributed by atoms with E-state index in [4.69, 9.17) is 0 Å². The van der Waals surface area contributed by atoms with E-state index in [1.807, 2.05) is 58.0 Å². The van der Waals surface area contributed by atoms with E-state index in [9.17, 15) is 18.4 Å². The maximum Gasteiger partial charge on any atom is 0.282 e. The Balaban J connectivity index is 1.90. The van der Waals surface area contributed by atoms with Crippen molar-refractivity contribution < 1.29 is 18.4 Å². The first-order valence-corrected chi connectivity index (χ1v) is 10.2. The minimum atomic E-state index is -0.861. The number of rotatable bonds is 4. The van der Waals surface area contributed by atoms with Crippen LogP contribution < -0.4 is 10.2 Å². The fourth-order valence-corrected chi connectivity index (χ4v) is 3.69. The molecule has 3 aromatic carbocycles.